The highest BCUT2D eigenvalue weighted by Crippen LogP contribution is 1.92. The zero-order valence-electron chi connectivity index (χ0n) is 7.53. The average molecular weight is 201 g/mol. The van der Waals surface area contributed by atoms with Crippen molar-refractivity contribution < 1.29 is 4.79 Å². The molecule has 0 aliphatic carbocycles. The van der Waals surface area contributed by atoms with Crippen molar-refractivity contribution in [2.45, 2.75) is 13.3 Å². The van der Waals surface area contributed by atoms with E-state index in [4.69, 9.17) is 17.3 Å². The van der Waals surface area contributed by atoms with Crippen LogP contribution in [0.15, 0.2) is 29.4 Å². The van der Waals surface area contributed by atoms with Gasteiger partial charge in [0, 0.05) is 12.7 Å². The first kappa shape index (κ1) is 12.1. The van der Waals surface area contributed by atoms with Gasteiger partial charge in [-0.1, -0.05) is 19.1 Å². The molecule has 0 aliphatic heterocycles. The molecule has 0 aromatic heterocycles. The predicted molar refractivity (Wildman–Crippen MR) is 55.9 cm³/mol. The molecule has 2 N–H and O–H groups in total. The minimum atomic E-state index is -0.578. The summed E-state index contributed by atoms with van der Waals surface area (Å²) < 4.78 is 0. The van der Waals surface area contributed by atoms with Gasteiger partial charge in [-0.15, -0.1) is 0 Å². The number of carbonyl (C=O) groups excluding carboxylic acids is 1. The van der Waals surface area contributed by atoms with Crippen LogP contribution in [0.1, 0.15) is 13.3 Å². The Morgan fingerprint density at radius 2 is 2.23 bits per heavy atom. The molecule has 72 valence electrons. The maximum absolute atomic E-state index is 10.8. The first-order valence-corrected chi connectivity index (χ1v) is 4.39. The van der Waals surface area contributed by atoms with Gasteiger partial charge in [0.2, 0.25) is 0 Å². The van der Waals surface area contributed by atoms with Gasteiger partial charge in [0.05, 0.1) is 0 Å². The van der Waals surface area contributed by atoms with Crippen molar-refractivity contribution in [2.75, 3.05) is 6.54 Å². The van der Waals surface area contributed by atoms with Crippen LogP contribution in [-0.2, 0) is 4.79 Å². The van der Waals surface area contributed by atoms with Crippen LogP contribution in [0, 0.1) is 0 Å². The minimum Gasteiger partial charge on any atom is -0.327 e. The van der Waals surface area contributed by atoms with E-state index in [0.717, 1.165) is 6.42 Å². The molecule has 13 heavy (non-hydrogen) atoms. The number of hydrogen-bond acceptors (Lipinski definition) is 3. The molecule has 4 heteroatoms. The number of rotatable bonds is 5. The lowest BCUT2D eigenvalue weighted by Crippen LogP contribution is -2.04. The summed E-state index contributed by atoms with van der Waals surface area (Å²) in [6.07, 6.45) is 7.38. The van der Waals surface area contributed by atoms with E-state index in [1.54, 1.807) is 12.3 Å². The molecule has 0 atom stereocenters. The van der Waals surface area contributed by atoms with E-state index in [0.29, 0.717) is 6.54 Å². The van der Waals surface area contributed by atoms with Crippen LogP contribution in [-0.4, -0.2) is 17.5 Å². The van der Waals surface area contributed by atoms with Crippen molar-refractivity contribution in [3.63, 3.8) is 0 Å². The second-order valence-electron chi connectivity index (χ2n) is 2.22. The lowest BCUT2D eigenvalue weighted by molar-refractivity contribution is -0.106. The van der Waals surface area contributed by atoms with Gasteiger partial charge in [-0.25, -0.2) is 0 Å². The molecule has 0 rings (SSSR count). The van der Waals surface area contributed by atoms with E-state index in [9.17, 15) is 4.79 Å². The van der Waals surface area contributed by atoms with Crippen molar-refractivity contribution in [1.29, 1.82) is 0 Å². The molecule has 0 heterocycles. The molecule has 0 aromatic carbocycles. The van der Waals surface area contributed by atoms with Gasteiger partial charge < -0.3 is 5.73 Å². The van der Waals surface area contributed by atoms with Crippen LogP contribution in [0.2, 0.25) is 0 Å². The van der Waals surface area contributed by atoms with Gasteiger partial charge in [-0.3, -0.25) is 9.79 Å². The van der Waals surface area contributed by atoms with Crippen molar-refractivity contribution in [3.05, 3.63) is 24.4 Å². The second kappa shape index (κ2) is 7.71. The molecule has 0 bridgehead atoms. The maximum atomic E-state index is 10.8. The summed E-state index contributed by atoms with van der Waals surface area (Å²) in [4.78, 5) is 14.6. The average Bonchev–Trinajstić information content (AvgIpc) is 2.10. The van der Waals surface area contributed by atoms with Crippen molar-refractivity contribution in [2.24, 2.45) is 10.7 Å². The minimum absolute atomic E-state index is 0.205. The quantitative estimate of drug-likeness (QED) is 0.542. The summed E-state index contributed by atoms with van der Waals surface area (Å²) in [6.45, 7) is 2.34. The van der Waals surface area contributed by atoms with Gasteiger partial charge in [-0.2, -0.15) is 0 Å². The van der Waals surface area contributed by atoms with Crippen molar-refractivity contribution in [1.82, 2.24) is 0 Å². The van der Waals surface area contributed by atoms with E-state index in [2.05, 4.69) is 4.99 Å². The largest absolute Gasteiger partial charge is 0.327 e. The lowest BCUT2D eigenvalue weighted by Gasteiger charge is -1.89. The fraction of sp³-hybridized carbons (Fsp3) is 0.333. The van der Waals surface area contributed by atoms with Gasteiger partial charge >= 0.3 is 0 Å². The van der Waals surface area contributed by atoms with Crippen LogP contribution in [0.5, 0.6) is 0 Å². The Hall–Kier alpha value is -0.930. The molecule has 0 spiro atoms. The predicted octanol–water partition coefficient (Wildman–Crippen LogP) is 1.63. The highest BCUT2D eigenvalue weighted by atomic mass is 35.5. The second-order valence-corrected chi connectivity index (χ2v) is 2.56. The first-order chi connectivity index (χ1) is 6.22. The normalized spacial score (nSPS) is 13.0. The Kier molecular flexibility index (Phi) is 7.15. The lowest BCUT2D eigenvalue weighted by atomic mass is 10.3. The third-order valence-corrected chi connectivity index (χ3v) is 1.36. The molecule has 0 radical (unpaired) electrons. The molecule has 0 unspecified atom stereocenters. The molecule has 0 saturated carbocycles. The maximum Gasteiger partial charge on any atom is 0.270 e. The van der Waals surface area contributed by atoms with Crippen molar-refractivity contribution in [3.8, 4) is 0 Å². The van der Waals surface area contributed by atoms with Gasteiger partial charge in [-0.05, 0) is 24.1 Å². The highest BCUT2D eigenvalue weighted by molar-refractivity contribution is 6.83. The molecular formula is C9H13ClN2O. The number of nitrogens with two attached hydrogens (primary N) is 1. The standard InChI is InChI=1S/C9H13ClN2O/c1-2-3-7-12-8(9(10)13)5-4-6-11/h3-5,7H,2,6,11H2,1H3/b5-4-,7-3-,12-8+. The fourth-order valence-corrected chi connectivity index (χ4v) is 0.689. The topological polar surface area (TPSA) is 55.4 Å². The molecular weight excluding hydrogens is 188 g/mol. The van der Waals surface area contributed by atoms with Crippen LogP contribution in [0.4, 0.5) is 0 Å². The molecule has 3 nitrogen and oxygen atoms in total. The van der Waals surface area contributed by atoms with Gasteiger partial charge in [0.1, 0.15) is 5.71 Å². The van der Waals surface area contributed by atoms with Crippen LogP contribution in [0.3, 0.4) is 0 Å². The third kappa shape index (κ3) is 6.25. The number of carbonyl (C=O) groups is 1. The molecule has 0 saturated heterocycles. The van der Waals surface area contributed by atoms with Gasteiger partial charge in [0.25, 0.3) is 5.24 Å². The molecule has 0 fully saturated rings. The summed E-state index contributed by atoms with van der Waals surface area (Å²) in [5.74, 6) is 0. The van der Waals surface area contributed by atoms with Crippen molar-refractivity contribution >= 4 is 22.6 Å². The summed E-state index contributed by atoms with van der Waals surface area (Å²) >= 11 is 5.26. The Labute approximate surface area is 83.0 Å². The zero-order valence-corrected chi connectivity index (χ0v) is 8.29. The summed E-state index contributed by atoms with van der Waals surface area (Å²) in [5.41, 5.74) is 5.42. The monoisotopic (exact) mass is 200 g/mol. The number of aliphatic imine (C=N–C) groups is 1. The van der Waals surface area contributed by atoms with E-state index >= 15 is 0 Å². The zero-order chi connectivity index (χ0) is 10.1. The van der Waals surface area contributed by atoms with E-state index in [1.165, 1.54) is 6.08 Å². The molecule has 0 aliphatic rings. The van der Waals surface area contributed by atoms with Crippen LogP contribution >= 0.6 is 11.6 Å². The number of allylic oxidation sites excluding steroid dienone is 2. The van der Waals surface area contributed by atoms with Crippen LogP contribution in [0.25, 0.3) is 0 Å². The molecule has 0 aromatic rings. The SMILES string of the molecule is CC\C=C/N=C(\C=C/CN)C(=O)Cl. The van der Waals surface area contributed by atoms with Gasteiger partial charge in [0.15, 0.2) is 0 Å². The Balaban J connectivity index is 4.41. The molecule has 0 amide bonds. The smallest absolute Gasteiger partial charge is 0.270 e. The van der Waals surface area contributed by atoms with Crippen LogP contribution < -0.4 is 5.73 Å². The summed E-state index contributed by atoms with van der Waals surface area (Å²) in [5, 5.41) is -0.578. The third-order valence-electron chi connectivity index (χ3n) is 1.17. The first-order valence-electron chi connectivity index (χ1n) is 4.01. The van der Waals surface area contributed by atoms with E-state index in [-0.39, 0.29) is 5.71 Å². The Morgan fingerprint density at radius 3 is 2.69 bits per heavy atom. The Bertz CT molecular complexity index is 244. The fourth-order valence-electron chi connectivity index (χ4n) is 0.577. The highest BCUT2D eigenvalue weighted by Gasteiger charge is 2.01. The summed E-state index contributed by atoms with van der Waals surface area (Å²) in [7, 11) is 0. The van der Waals surface area contributed by atoms with E-state index in [1.807, 2.05) is 13.0 Å². The Morgan fingerprint density at radius 1 is 1.54 bits per heavy atom. The van der Waals surface area contributed by atoms with E-state index < -0.39 is 5.24 Å². The number of hydrogen-bond donors (Lipinski definition) is 1. The number of nitrogens with zero attached hydrogens (tertiary/aromatic N) is 1. The number of halogens is 1. The summed E-state index contributed by atoms with van der Waals surface area (Å²) in [6, 6.07) is 0.